The molecule has 0 aliphatic carbocycles. The van der Waals surface area contributed by atoms with Gasteiger partial charge < -0.3 is 15.0 Å². The van der Waals surface area contributed by atoms with Crippen molar-refractivity contribution in [1.29, 1.82) is 0 Å². The summed E-state index contributed by atoms with van der Waals surface area (Å²) in [6.07, 6.45) is 2.03. The number of carbonyl (C=O) groups is 1. The molecule has 1 heterocycles. The maximum Gasteiger partial charge on any atom is 0.220 e. The number of hydrogen-bond acceptors (Lipinski definition) is 3. The van der Waals surface area contributed by atoms with Crippen molar-refractivity contribution in [3.05, 3.63) is 59.9 Å². The Bertz CT molecular complexity index is 776. The number of nitrogens with zero attached hydrogens (tertiary/aromatic N) is 1. The van der Waals surface area contributed by atoms with Crippen LogP contribution >= 0.6 is 0 Å². The highest BCUT2D eigenvalue weighted by molar-refractivity contribution is 5.76. The van der Waals surface area contributed by atoms with Crippen LogP contribution in [-0.2, 0) is 17.8 Å². The smallest absolute Gasteiger partial charge is 0.220 e. The van der Waals surface area contributed by atoms with Gasteiger partial charge in [-0.2, -0.15) is 0 Å². The molecule has 0 unspecified atom stereocenters. The van der Waals surface area contributed by atoms with Crippen LogP contribution in [0.3, 0.4) is 0 Å². The van der Waals surface area contributed by atoms with E-state index in [9.17, 15) is 4.79 Å². The number of fused-ring (bicyclic) bond motifs is 1. The SMILES string of the molecule is COc1ccc(CNC(=O)CCCc2nc3ccccc3[nH]2)cc1. The second kappa shape index (κ2) is 7.64. The Kier molecular flexibility index (Phi) is 5.11. The van der Waals surface area contributed by atoms with Crippen molar-refractivity contribution in [2.45, 2.75) is 25.8 Å². The van der Waals surface area contributed by atoms with Gasteiger partial charge in [-0.25, -0.2) is 4.98 Å². The topological polar surface area (TPSA) is 67.0 Å². The van der Waals surface area contributed by atoms with Gasteiger partial charge >= 0.3 is 0 Å². The molecule has 0 atom stereocenters. The molecule has 0 spiro atoms. The lowest BCUT2D eigenvalue weighted by atomic mass is 10.2. The van der Waals surface area contributed by atoms with Gasteiger partial charge in [0.05, 0.1) is 18.1 Å². The Morgan fingerprint density at radius 3 is 2.71 bits per heavy atom. The second-order valence-corrected chi connectivity index (χ2v) is 5.68. The lowest BCUT2D eigenvalue weighted by molar-refractivity contribution is -0.121. The minimum absolute atomic E-state index is 0.0573. The van der Waals surface area contributed by atoms with Gasteiger partial charge in [0.2, 0.25) is 5.91 Å². The van der Waals surface area contributed by atoms with E-state index in [2.05, 4.69) is 15.3 Å². The van der Waals surface area contributed by atoms with Gasteiger partial charge in [-0.3, -0.25) is 4.79 Å². The number of aromatic nitrogens is 2. The molecule has 0 bridgehead atoms. The highest BCUT2D eigenvalue weighted by atomic mass is 16.5. The molecule has 0 fully saturated rings. The number of para-hydroxylation sites is 2. The van der Waals surface area contributed by atoms with E-state index in [4.69, 9.17) is 4.74 Å². The summed E-state index contributed by atoms with van der Waals surface area (Å²) in [6.45, 7) is 0.535. The molecule has 0 saturated heterocycles. The first-order chi connectivity index (χ1) is 11.7. The van der Waals surface area contributed by atoms with Gasteiger partial charge in [0.15, 0.2) is 0 Å². The largest absolute Gasteiger partial charge is 0.497 e. The summed E-state index contributed by atoms with van der Waals surface area (Å²) in [5.41, 5.74) is 3.06. The first kappa shape index (κ1) is 16.1. The number of aryl methyl sites for hydroxylation is 1. The molecular formula is C19H21N3O2. The van der Waals surface area contributed by atoms with Crippen LogP contribution in [0.5, 0.6) is 5.75 Å². The van der Waals surface area contributed by atoms with Gasteiger partial charge in [-0.05, 0) is 36.2 Å². The lowest BCUT2D eigenvalue weighted by Crippen LogP contribution is -2.22. The standard InChI is InChI=1S/C19H21N3O2/c1-24-15-11-9-14(10-12-15)13-20-19(23)8-4-7-18-21-16-5-2-3-6-17(16)22-18/h2-3,5-6,9-12H,4,7-8,13H2,1H3,(H,20,23)(H,21,22). The molecule has 0 aliphatic rings. The van der Waals surface area contributed by atoms with Gasteiger partial charge in [-0.15, -0.1) is 0 Å². The highest BCUT2D eigenvalue weighted by Crippen LogP contribution is 2.12. The molecular weight excluding hydrogens is 302 g/mol. The van der Waals surface area contributed by atoms with Crippen molar-refractivity contribution < 1.29 is 9.53 Å². The zero-order chi connectivity index (χ0) is 16.8. The highest BCUT2D eigenvalue weighted by Gasteiger charge is 2.05. The molecule has 5 heteroatoms. The van der Waals surface area contributed by atoms with Crippen LogP contribution in [0, 0.1) is 0 Å². The fourth-order valence-electron chi connectivity index (χ4n) is 2.57. The van der Waals surface area contributed by atoms with Crippen molar-refractivity contribution >= 4 is 16.9 Å². The second-order valence-electron chi connectivity index (χ2n) is 5.68. The molecule has 124 valence electrons. The third kappa shape index (κ3) is 4.13. The number of aromatic amines is 1. The molecule has 3 rings (SSSR count). The number of H-pyrrole nitrogens is 1. The van der Waals surface area contributed by atoms with Gasteiger partial charge in [0.1, 0.15) is 11.6 Å². The Hall–Kier alpha value is -2.82. The molecule has 2 N–H and O–H groups in total. The van der Waals surface area contributed by atoms with Crippen molar-refractivity contribution in [1.82, 2.24) is 15.3 Å². The maximum atomic E-state index is 11.9. The average molecular weight is 323 g/mol. The normalized spacial score (nSPS) is 10.7. The van der Waals surface area contributed by atoms with Crippen LogP contribution in [0.2, 0.25) is 0 Å². The monoisotopic (exact) mass is 323 g/mol. The van der Waals surface area contributed by atoms with Gasteiger partial charge in [0, 0.05) is 19.4 Å². The Balaban J connectivity index is 1.41. The van der Waals surface area contributed by atoms with Crippen LogP contribution in [0.1, 0.15) is 24.2 Å². The van der Waals surface area contributed by atoms with E-state index in [1.807, 2.05) is 48.5 Å². The van der Waals surface area contributed by atoms with Crippen LogP contribution in [0.25, 0.3) is 11.0 Å². The fourth-order valence-corrected chi connectivity index (χ4v) is 2.57. The zero-order valence-electron chi connectivity index (χ0n) is 13.7. The van der Waals surface area contributed by atoms with Crippen molar-refractivity contribution in [3.8, 4) is 5.75 Å². The summed E-state index contributed by atoms with van der Waals surface area (Å²) in [5.74, 6) is 1.80. The van der Waals surface area contributed by atoms with E-state index < -0.39 is 0 Å². The van der Waals surface area contributed by atoms with E-state index in [0.29, 0.717) is 13.0 Å². The molecule has 1 aromatic heterocycles. The third-order valence-electron chi connectivity index (χ3n) is 3.90. The Morgan fingerprint density at radius 2 is 1.96 bits per heavy atom. The van der Waals surface area contributed by atoms with Crippen molar-refractivity contribution in [2.75, 3.05) is 7.11 Å². The molecule has 3 aromatic rings. The molecule has 0 saturated carbocycles. The number of rotatable bonds is 7. The first-order valence-electron chi connectivity index (χ1n) is 8.08. The lowest BCUT2D eigenvalue weighted by Gasteiger charge is -2.06. The predicted octanol–water partition coefficient (Wildman–Crippen LogP) is 3.21. The quantitative estimate of drug-likeness (QED) is 0.701. The van der Waals surface area contributed by atoms with Crippen molar-refractivity contribution in [3.63, 3.8) is 0 Å². The van der Waals surface area contributed by atoms with E-state index >= 15 is 0 Å². The molecule has 2 aromatic carbocycles. The van der Waals surface area contributed by atoms with Crippen molar-refractivity contribution in [2.24, 2.45) is 0 Å². The molecule has 5 nitrogen and oxygen atoms in total. The van der Waals surface area contributed by atoms with E-state index in [1.54, 1.807) is 7.11 Å². The van der Waals surface area contributed by atoms with E-state index in [0.717, 1.165) is 41.0 Å². The number of carbonyl (C=O) groups excluding carboxylic acids is 1. The first-order valence-corrected chi connectivity index (χ1v) is 8.08. The summed E-state index contributed by atoms with van der Waals surface area (Å²) in [4.78, 5) is 19.7. The molecule has 0 radical (unpaired) electrons. The number of ether oxygens (including phenoxy) is 1. The molecule has 24 heavy (non-hydrogen) atoms. The van der Waals surface area contributed by atoms with Gasteiger partial charge in [0.25, 0.3) is 0 Å². The minimum atomic E-state index is 0.0573. The summed E-state index contributed by atoms with van der Waals surface area (Å²) >= 11 is 0. The minimum Gasteiger partial charge on any atom is -0.497 e. The summed E-state index contributed by atoms with van der Waals surface area (Å²) < 4.78 is 5.12. The summed E-state index contributed by atoms with van der Waals surface area (Å²) in [7, 11) is 1.64. The van der Waals surface area contributed by atoms with Crippen LogP contribution in [0.15, 0.2) is 48.5 Å². The molecule has 0 aliphatic heterocycles. The fraction of sp³-hybridized carbons (Fsp3) is 0.263. The van der Waals surface area contributed by atoms with Crippen LogP contribution in [0.4, 0.5) is 0 Å². The number of nitrogens with one attached hydrogen (secondary N) is 2. The number of benzene rings is 2. The third-order valence-corrected chi connectivity index (χ3v) is 3.90. The summed E-state index contributed by atoms with van der Waals surface area (Å²) in [5, 5.41) is 2.94. The molecule has 1 amide bonds. The summed E-state index contributed by atoms with van der Waals surface area (Å²) in [6, 6.07) is 15.6. The number of hydrogen-bond donors (Lipinski definition) is 2. The van der Waals surface area contributed by atoms with Crippen LogP contribution in [-0.4, -0.2) is 23.0 Å². The number of methoxy groups -OCH3 is 1. The van der Waals surface area contributed by atoms with E-state index in [1.165, 1.54) is 0 Å². The Morgan fingerprint density at radius 1 is 1.17 bits per heavy atom. The predicted molar refractivity (Wildman–Crippen MR) is 93.9 cm³/mol. The van der Waals surface area contributed by atoms with E-state index in [-0.39, 0.29) is 5.91 Å². The van der Waals surface area contributed by atoms with Crippen LogP contribution < -0.4 is 10.1 Å². The number of imidazole rings is 1. The van der Waals surface area contributed by atoms with Gasteiger partial charge in [-0.1, -0.05) is 24.3 Å². The average Bonchev–Trinajstić information content (AvgIpc) is 3.03. The maximum absolute atomic E-state index is 11.9. The Labute approximate surface area is 141 Å². The number of amides is 1. The zero-order valence-corrected chi connectivity index (χ0v) is 13.7.